The second-order valence-electron chi connectivity index (χ2n) is 7.46. The number of carboxylic acid groups (broad SMARTS) is 1. The quantitative estimate of drug-likeness (QED) is 0.525. The number of carbonyl (C=O) groups is 1. The summed E-state index contributed by atoms with van der Waals surface area (Å²) >= 11 is 0. The van der Waals surface area contributed by atoms with Crippen LogP contribution in [-0.2, 0) is 21.2 Å². The molecule has 166 valence electrons. The zero-order valence-corrected chi connectivity index (χ0v) is 17.8. The maximum Gasteiger partial charge on any atom is 0.341 e. The number of fused-ring (bicyclic) bond motifs is 1. The molecule has 1 aromatic heterocycles. The Kier molecular flexibility index (Phi) is 6.20. The van der Waals surface area contributed by atoms with Crippen molar-refractivity contribution in [3.8, 4) is 16.9 Å². The fraction of sp³-hybridized carbons (Fsp3) is 0.217. The lowest BCUT2D eigenvalue weighted by molar-refractivity contribution is -0.139. The molecule has 0 radical (unpaired) electrons. The number of aromatic nitrogens is 1. The summed E-state index contributed by atoms with van der Waals surface area (Å²) in [7, 11) is -3.82. The monoisotopic (exact) mass is 456 g/mol. The van der Waals surface area contributed by atoms with Crippen molar-refractivity contribution in [2.45, 2.75) is 30.2 Å². The molecule has 1 atom stereocenters. The molecule has 0 fully saturated rings. The number of hydrogen-bond acceptors (Lipinski definition) is 5. The summed E-state index contributed by atoms with van der Waals surface area (Å²) < 4.78 is 47.6. The maximum atomic E-state index is 13.4. The van der Waals surface area contributed by atoms with E-state index in [1.54, 1.807) is 30.3 Å². The third-order valence-electron chi connectivity index (χ3n) is 5.34. The molecular weight excluding hydrogens is 435 g/mol. The Balaban J connectivity index is 1.56. The highest BCUT2D eigenvalue weighted by Crippen LogP contribution is 2.36. The molecular formula is C23H21FN2O5S. The topological polar surface area (TPSA) is 106 Å². The summed E-state index contributed by atoms with van der Waals surface area (Å²) in [6.07, 6.45) is 3.38. The SMILES string of the molecule is O=C(O)COc1cccc2c1CCCC2NS(=O)(=O)c1ccc(-c2ccnc(F)c2)cc1. The number of sulfonamides is 1. The molecule has 2 N–H and O–H groups in total. The smallest absolute Gasteiger partial charge is 0.341 e. The predicted molar refractivity (Wildman–Crippen MR) is 115 cm³/mol. The molecule has 3 aromatic rings. The first-order valence-electron chi connectivity index (χ1n) is 10.0. The summed E-state index contributed by atoms with van der Waals surface area (Å²) in [5.41, 5.74) is 2.88. The van der Waals surface area contributed by atoms with E-state index in [0.29, 0.717) is 29.7 Å². The number of pyridine rings is 1. The van der Waals surface area contributed by atoms with Gasteiger partial charge in [-0.05, 0) is 65.8 Å². The fourth-order valence-electron chi connectivity index (χ4n) is 3.88. The van der Waals surface area contributed by atoms with Crippen molar-refractivity contribution >= 4 is 16.0 Å². The molecule has 4 rings (SSSR count). The van der Waals surface area contributed by atoms with Crippen LogP contribution in [0.5, 0.6) is 5.75 Å². The van der Waals surface area contributed by atoms with Crippen LogP contribution in [0.15, 0.2) is 65.7 Å². The standard InChI is InChI=1S/C23H21FN2O5S/c24-22-13-16(11-12-25-22)15-7-9-17(10-8-15)32(29,30)26-20-5-1-4-19-18(20)3-2-6-21(19)31-14-23(27)28/h2-3,6-13,20,26H,1,4-5,14H2,(H,27,28). The van der Waals surface area contributed by atoms with E-state index >= 15 is 0 Å². The van der Waals surface area contributed by atoms with Crippen molar-refractivity contribution < 1.29 is 27.4 Å². The molecule has 0 amide bonds. The van der Waals surface area contributed by atoms with Crippen LogP contribution in [0.1, 0.15) is 30.0 Å². The summed E-state index contributed by atoms with van der Waals surface area (Å²) in [5.74, 6) is -1.22. The minimum absolute atomic E-state index is 0.0983. The van der Waals surface area contributed by atoms with Gasteiger partial charge < -0.3 is 9.84 Å². The number of rotatable bonds is 7. The van der Waals surface area contributed by atoms with Crippen LogP contribution in [0.2, 0.25) is 0 Å². The summed E-state index contributed by atoms with van der Waals surface area (Å²) in [6, 6.07) is 13.9. The maximum absolute atomic E-state index is 13.4. The van der Waals surface area contributed by atoms with Gasteiger partial charge in [-0.3, -0.25) is 0 Å². The van der Waals surface area contributed by atoms with Gasteiger partial charge in [0.2, 0.25) is 16.0 Å². The average molecular weight is 456 g/mol. The van der Waals surface area contributed by atoms with E-state index in [-0.39, 0.29) is 4.90 Å². The zero-order valence-electron chi connectivity index (χ0n) is 17.0. The van der Waals surface area contributed by atoms with Crippen molar-refractivity contribution in [1.82, 2.24) is 9.71 Å². The zero-order chi connectivity index (χ0) is 22.7. The van der Waals surface area contributed by atoms with Gasteiger partial charge in [0.15, 0.2) is 6.61 Å². The second kappa shape index (κ2) is 9.05. The molecule has 1 aliphatic carbocycles. The van der Waals surface area contributed by atoms with Crippen LogP contribution < -0.4 is 9.46 Å². The molecule has 2 aromatic carbocycles. The predicted octanol–water partition coefficient (Wildman–Crippen LogP) is 3.71. The number of carboxylic acids is 1. The highest BCUT2D eigenvalue weighted by molar-refractivity contribution is 7.89. The van der Waals surface area contributed by atoms with E-state index < -0.39 is 34.6 Å². The molecule has 0 saturated carbocycles. The molecule has 9 heteroatoms. The third-order valence-corrected chi connectivity index (χ3v) is 6.82. The van der Waals surface area contributed by atoms with E-state index in [9.17, 15) is 17.6 Å². The molecule has 32 heavy (non-hydrogen) atoms. The Labute approximate surface area is 184 Å². The van der Waals surface area contributed by atoms with Gasteiger partial charge >= 0.3 is 5.97 Å². The van der Waals surface area contributed by atoms with E-state index in [4.69, 9.17) is 9.84 Å². The lowest BCUT2D eigenvalue weighted by atomic mass is 9.87. The van der Waals surface area contributed by atoms with Crippen molar-refractivity contribution in [2.75, 3.05) is 6.61 Å². The van der Waals surface area contributed by atoms with E-state index in [0.717, 1.165) is 17.5 Å². The Morgan fingerprint density at radius 2 is 1.94 bits per heavy atom. The van der Waals surface area contributed by atoms with Crippen LogP contribution in [0, 0.1) is 5.95 Å². The summed E-state index contributed by atoms with van der Waals surface area (Å²) in [5, 5.41) is 8.88. The minimum atomic E-state index is -3.82. The summed E-state index contributed by atoms with van der Waals surface area (Å²) in [6.45, 7) is -0.458. The first-order chi connectivity index (χ1) is 15.3. The molecule has 0 spiro atoms. The van der Waals surface area contributed by atoms with E-state index in [1.807, 2.05) is 6.07 Å². The third kappa shape index (κ3) is 4.79. The first-order valence-corrected chi connectivity index (χ1v) is 11.5. The van der Waals surface area contributed by atoms with E-state index in [1.165, 1.54) is 24.4 Å². The van der Waals surface area contributed by atoms with Crippen LogP contribution in [0.25, 0.3) is 11.1 Å². The molecule has 1 unspecified atom stereocenters. The fourth-order valence-corrected chi connectivity index (χ4v) is 5.13. The molecule has 1 heterocycles. The average Bonchev–Trinajstić information content (AvgIpc) is 2.78. The number of nitrogens with zero attached hydrogens (tertiary/aromatic N) is 1. The van der Waals surface area contributed by atoms with Gasteiger partial charge in [-0.2, -0.15) is 4.39 Å². The highest BCUT2D eigenvalue weighted by Gasteiger charge is 2.27. The summed E-state index contributed by atoms with van der Waals surface area (Å²) in [4.78, 5) is 14.5. The molecule has 1 aliphatic rings. The number of benzene rings is 2. The van der Waals surface area contributed by atoms with Crippen molar-refractivity contribution in [2.24, 2.45) is 0 Å². The van der Waals surface area contributed by atoms with Crippen molar-refractivity contribution in [1.29, 1.82) is 0 Å². The van der Waals surface area contributed by atoms with Crippen LogP contribution >= 0.6 is 0 Å². The molecule has 0 aliphatic heterocycles. The van der Waals surface area contributed by atoms with Crippen LogP contribution in [0.3, 0.4) is 0 Å². The van der Waals surface area contributed by atoms with Gasteiger partial charge in [0.1, 0.15) is 5.75 Å². The van der Waals surface area contributed by atoms with Gasteiger partial charge in [-0.1, -0.05) is 24.3 Å². The number of aliphatic carboxylic acids is 1. The number of hydrogen-bond donors (Lipinski definition) is 2. The Morgan fingerprint density at radius 1 is 1.16 bits per heavy atom. The van der Waals surface area contributed by atoms with Gasteiger partial charge in [0.25, 0.3) is 0 Å². The van der Waals surface area contributed by atoms with Crippen molar-refractivity contribution in [3.05, 3.63) is 77.9 Å². The van der Waals surface area contributed by atoms with Crippen LogP contribution in [0.4, 0.5) is 4.39 Å². The van der Waals surface area contributed by atoms with Crippen LogP contribution in [-0.4, -0.2) is 31.1 Å². The number of ether oxygens (including phenoxy) is 1. The second-order valence-corrected chi connectivity index (χ2v) is 9.18. The molecule has 7 nitrogen and oxygen atoms in total. The van der Waals surface area contributed by atoms with Gasteiger partial charge in [-0.25, -0.2) is 22.9 Å². The minimum Gasteiger partial charge on any atom is -0.482 e. The lowest BCUT2D eigenvalue weighted by Gasteiger charge is -2.27. The van der Waals surface area contributed by atoms with Gasteiger partial charge in [0, 0.05) is 18.3 Å². The normalized spacial score (nSPS) is 15.7. The molecule has 0 bridgehead atoms. The number of nitrogens with one attached hydrogen (secondary N) is 1. The first kappa shape index (κ1) is 21.9. The Bertz CT molecular complexity index is 1250. The highest BCUT2D eigenvalue weighted by atomic mass is 32.2. The molecule has 0 saturated heterocycles. The Hall–Kier alpha value is -3.30. The van der Waals surface area contributed by atoms with Gasteiger partial charge in [-0.15, -0.1) is 0 Å². The van der Waals surface area contributed by atoms with E-state index in [2.05, 4.69) is 9.71 Å². The van der Waals surface area contributed by atoms with Crippen molar-refractivity contribution in [3.63, 3.8) is 0 Å². The Morgan fingerprint density at radius 3 is 2.66 bits per heavy atom. The number of halogens is 1. The van der Waals surface area contributed by atoms with Gasteiger partial charge in [0.05, 0.1) is 4.90 Å². The largest absolute Gasteiger partial charge is 0.482 e. The lowest BCUT2D eigenvalue weighted by Crippen LogP contribution is -2.31.